The summed E-state index contributed by atoms with van der Waals surface area (Å²) in [6.07, 6.45) is 2.16. The number of thiazole rings is 1. The lowest BCUT2D eigenvalue weighted by molar-refractivity contribution is 0.463. The van der Waals surface area contributed by atoms with Crippen LogP contribution in [0.4, 0.5) is 5.69 Å². The Morgan fingerprint density at radius 2 is 2.17 bits per heavy atom. The fraction of sp³-hybridized carbons (Fsp3) is 0.462. The van der Waals surface area contributed by atoms with Gasteiger partial charge < -0.3 is 15.7 Å². The first-order chi connectivity index (χ1) is 8.74. The summed E-state index contributed by atoms with van der Waals surface area (Å²) < 4.78 is 1.13. The van der Waals surface area contributed by atoms with E-state index in [0.29, 0.717) is 11.8 Å². The maximum Gasteiger partial charge on any atom is 0.141 e. The van der Waals surface area contributed by atoms with E-state index in [0.717, 1.165) is 46.8 Å². The van der Waals surface area contributed by atoms with E-state index >= 15 is 0 Å². The lowest BCUT2D eigenvalue weighted by Crippen LogP contribution is -2.35. The quantitative estimate of drug-likeness (QED) is 0.729. The lowest BCUT2D eigenvalue weighted by Gasteiger charge is -2.25. The van der Waals surface area contributed by atoms with E-state index in [2.05, 4.69) is 15.6 Å². The summed E-state index contributed by atoms with van der Waals surface area (Å²) in [6, 6.07) is 4.11. The molecule has 2 aromatic rings. The average Bonchev–Trinajstić information content (AvgIpc) is 2.75. The molecule has 18 heavy (non-hydrogen) atoms. The van der Waals surface area contributed by atoms with E-state index in [9.17, 15) is 5.11 Å². The van der Waals surface area contributed by atoms with E-state index in [1.807, 2.05) is 13.0 Å². The largest absolute Gasteiger partial charge is 0.506 e. The summed E-state index contributed by atoms with van der Waals surface area (Å²) in [5.74, 6) is 0.298. The predicted octanol–water partition coefficient (Wildman–Crippen LogP) is 2.47. The molecule has 0 saturated carbocycles. The second-order valence-corrected chi connectivity index (χ2v) is 5.94. The van der Waals surface area contributed by atoms with Crippen molar-refractivity contribution in [2.75, 3.05) is 18.4 Å². The van der Waals surface area contributed by atoms with E-state index in [1.54, 1.807) is 17.4 Å². The SMILES string of the molecule is Cc1nc2c(NC3CCNCC3)c(O)ccc2s1. The molecule has 3 N–H and O–H groups in total. The van der Waals surface area contributed by atoms with Crippen molar-refractivity contribution in [3.8, 4) is 5.75 Å². The molecule has 0 unspecified atom stereocenters. The number of hydrogen-bond donors (Lipinski definition) is 3. The number of fused-ring (bicyclic) bond motifs is 1. The molecule has 0 spiro atoms. The van der Waals surface area contributed by atoms with E-state index in [4.69, 9.17) is 0 Å². The molecule has 1 aliphatic rings. The van der Waals surface area contributed by atoms with Gasteiger partial charge >= 0.3 is 0 Å². The number of nitrogens with one attached hydrogen (secondary N) is 2. The van der Waals surface area contributed by atoms with Gasteiger partial charge in [0.2, 0.25) is 0 Å². The molecule has 1 aliphatic heterocycles. The number of anilines is 1. The lowest BCUT2D eigenvalue weighted by atomic mass is 10.1. The average molecular weight is 263 g/mol. The van der Waals surface area contributed by atoms with Crippen molar-refractivity contribution in [1.29, 1.82) is 0 Å². The molecular weight excluding hydrogens is 246 g/mol. The molecule has 3 rings (SSSR count). The summed E-state index contributed by atoms with van der Waals surface area (Å²) in [5.41, 5.74) is 1.69. The van der Waals surface area contributed by atoms with Crippen molar-refractivity contribution in [1.82, 2.24) is 10.3 Å². The van der Waals surface area contributed by atoms with Crippen LogP contribution in [0.1, 0.15) is 17.8 Å². The molecule has 0 aliphatic carbocycles. The minimum Gasteiger partial charge on any atom is -0.506 e. The highest BCUT2D eigenvalue weighted by Gasteiger charge is 2.17. The van der Waals surface area contributed by atoms with Gasteiger partial charge in [-0.05, 0) is 45.0 Å². The second kappa shape index (κ2) is 4.74. The van der Waals surface area contributed by atoms with E-state index in [1.165, 1.54) is 0 Å². The minimum absolute atomic E-state index is 0.298. The predicted molar refractivity (Wildman–Crippen MR) is 75.5 cm³/mol. The van der Waals surface area contributed by atoms with Gasteiger partial charge in [0.1, 0.15) is 17.0 Å². The third-order valence-corrected chi connectivity index (χ3v) is 4.27. The van der Waals surface area contributed by atoms with Crippen LogP contribution in [0, 0.1) is 6.92 Å². The highest BCUT2D eigenvalue weighted by Crippen LogP contribution is 2.35. The fourth-order valence-electron chi connectivity index (χ4n) is 2.41. The van der Waals surface area contributed by atoms with Crippen molar-refractivity contribution in [2.45, 2.75) is 25.8 Å². The second-order valence-electron chi connectivity index (χ2n) is 4.71. The van der Waals surface area contributed by atoms with Crippen molar-refractivity contribution >= 4 is 27.2 Å². The zero-order valence-corrected chi connectivity index (χ0v) is 11.2. The van der Waals surface area contributed by atoms with Gasteiger partial charge in [0.25, 0.3) is 0 Å². The summed E-state index contributed by atoms with van der Waals surface area (Å²) in [5, 5.41) is 17.9. The summed E-state index contributed by atoms with van der Waals surface area (Å²) in [7, 11) is 0. The number of benzene rings is 1. The summed E-state index contributed by atoms with van der Waals surface area (Å²) in [6.45, 7) is 4.06. The third-order valence-electron chi connectivity index (χ3n) is 3.33. The maximum atomic E-state index is 10.0. The number of aromatic nitrogens is 1. The number of phenols is 1. The van der Waals surface area contributed by atoms with Crippen LogP contribution in [-0.2, 0) is 0 Å². The number of phenolic OH excluding ortho intramolecular Hbond substituents is 1. The van der Waals surface area contributed by atoms with E-state index < -0.39 is 0 Å². The van der Waals surface area contributed by atoms with Crippen LogP contribution in [0.5, 0.6) is 5.75 Å². The monoisotopic (exact) mass is 263 g/mol. The van der Waals surface area contributed by atoms with Gasteiger partial charge in [-0.15, -0.1) is 11.3 Å². The molecule has 2 heterocycles. The number of aromatic hydroxyl groups is 1. The first-order valence-corrected chi connectivity index (χ1v) is 7.12. The molecule has 96 valence electrons. The standard InChI is InChI=1S/C13H17N3OS/c1-8-15-13-11(18-8)3-2-10(17)12(13)16-9-4-6-14-7-5-9/h2-3,9,14,16-17H,4-7H2,1H3. The maximum absolute atomic E-state index is 10.0. The van der Waals surface area contributed by atoms with Crippen LogP contribution >= 0.6 is 11.3 Å². The van der Waals surface area contributed by atoms with Crippen molar-refractivity contribution < 1.29 is 5.11 Å². The van der Waals surface area contributed by atoms with Crippen LogP contribution in [0.25, 0.3) is 10.2 Å². The fourth-order valence-corrected chi connectivity index (χ4v) is 3.24. The van der Waals surface area contributed by atoms with Gasteiger partial charge in [-0.1, -0.05) is 0 Å². The van der Waals surface area contributed by atoms with Crippen LogP contribution < -0.4 is 10.6 Å². The first kappa shape index (κ1) is 11.7. The van der Waals surface area contributed by atoms with Crippen molar-refractivity contribution in [2.24, 2.45) is 0 Å². The van der Waals surface area contributed by atoms with Gasteiger partial charge in [0.05, 0.1) is 9.71 Å². The summed E-state index contributed by atoms with van der Waals surface area (Å²) in [4.78, 5) is 4.52. The first-order valence-electron chi connectivity index (χ1n) is 6.30. The van der Waals surface area contributed by atoms with Crippen molar-refractivity contribution in [3.63, 3.8) is 0 Å². The Hall–Kier alpha value is -1.33. The molecule has 0 radical (unpaired) electrons. The highest BCUT2D eigenvalue weighted by molar-refractivity contribution is 7.18. The number of nitrogens with zero attached hydrogens (tertiary/aromatic N) is 1. The Labute approximate surface area is 110 Å². The molecule has 0 atom stereocenters. The molecule has 1 saturated heterocycles. The van der Waals surface area contributed by atoms with Crippen molar-refractivity contribution in [3.05, 3.63) is 17.1 Å². The molecule has 4 nitrogen and oxygen atoms in total. The Morgan fingerprint density at radius 3 is 2.94 bits per heavy atom. The Balaban J connectivity index is 1.96. The van der Waals surface area contributed by atoms with E-state index in [-0.39, 0.29) is 0 Å². The molecule has 5 heteroatoms. The molecule has 1 fully saturated rings. The number of piperidine rings is 1. The molecule has 1 aromatic carbocycles. The Kier molecular flexibility index (Phi) is 3.09. The zero-order valence-electron chi connectivity index (χ0n) is 10.4. The summed E-state index contributed by atoms with van der Waals surface area (Å²) >= 11 is 1.66. The zero-order chi connectivity index (χ0) is 12.5. The third kappa shape index (κ3) is 2.15. The molecule has 0 amide bonds. The number of rotatable bonds is 2. The van der Waals surface area contributed by atoms with Crippen LogP contribution in [0.3, 0.4) is 0 Å². The van der Waals surface area contributed by atoms with Gasteiger partial charge in [0.15, 0.2) is 0 Å². The van der Waals surface area contributed by atoms with Gasteiger partial charge in [-0.25, -0.2) is 4.98 Å². The van der Waals surface area contributed by atoms with Crippen LogP contribution in [-0.4, -0.2) is 29.2 Å². The van der Waals surface area contributed by atoms with Crippen LogP contribution in [0.2, 0.25) is 0 Å². The number of hydrogen-bond acceptors (Lipinski definition) is 5. The Bertz CT molecular complexity index is 561. The molecule has 1 aromatic heterocycles. The van der Waals surface area contributed by atoms with Crippen LogP contribution in [0.15, 0.2) is 12.1 Å². The molecule has 0 bridgehead atoms. The molecular formula is C13H17N3OS. The topological polar surface area (TPSA) is 57.2 Å². The Morgan fingerprint density at radius 1 is 1.39 bits per heavy atom. The van der Waals surface area contributed by atoms with Gasteiger partial charge in [0, 0.05) is 6.04 Å². The highest BCUT2D eigenvalue weighted by atomic mass is 32.1. The smallest absolute Gasteiger partial charge is 0.141 e. The normalized spacial score (nSPS) is 17.2. The van der Waals surface area contributed by atoms with Gasteiger partial charge in [-0.2, -0.15) is 0 Å². The minimum atomic E-state index is 0.298. The van der Waals surface area contributed by atoms with Gasteiger partial charge in [-0.3, -0.25) is 0 Å². The number of aryl methyl sites for hydroxylation is 1.